The summed E-state index contributed by atoms with van der Waals surface area (Å²) in [6.45, 7) is 0.0631. The van der Waals surface area contributed by atoms with E-state index in [2.05, 4.69) is 19.8 Å². The first kappa shape index (κ1) is 19.6. The van der Waals surface area contributed by atoms with Crippen LogP contribution in [0, 0.1) is 0 Å². The first-order valence-corrected chi connectivity index (χ1v) is 10.6. The molecule has 11 heteroatoms. The highest BCUT2D eigenvalue weighted by molar-refractivity contribution is 7.89. The molecule has 0 amide bonds. The van der Waals surface area contributed by atoms with E-state index in [1.54, 1.807) is 42.7 Å². The van der Waals surface area contributed by atoms with Crippen LogP contribution in [-0.4, -0.2) is 28.0 Å². The minimum atomic E-state index is -3.79. The number of nitrogens with two attached hydrogens (primary N) is 1. The molecule has 4 aromatic rings. The summed E-state index contributed by atoms with van der Waals surface area (Å²) in [5.74, 6) is 0.156. The van der Waals surface area contributed by atoms with E-state index in [0.29, 0.717) is 26.8 Å². The predicted molar refractivity (Wildman–Crippen MR) is 111 cm³/mol. The molecule has 4 rings (SSSR count). The zero-order chi connectivity index (χ0) is 20.6. The van der Waals surface area contributed by atoms with Crippen LogP contribution in [0.3, 0.4) is 0 Å². The molecule has 0 aliphatic carbocycles. The van der Waals surface area contributed by atoms with Gasteiger partial charge in [0.05, 0.1) is 10.0 Å². The number of pyridine rings is 2. The van der Waals surface area contributed by atoms with Crippen molar-refractivity contribution in [1.29, 1.82) is 0 Å². The third kappa shape index (κ3) is 4.18. The fraction of sp³-hybridized carbons (Fsp3) is 0.0556. The molecule has 0 bridgehead atoms. The molecule has 148 valence electrons. The highest BCUT2D eigenvalue weighted by Crippen LogP contribution is 2.24. The Bertz CT molecular complexity index is 1320. The number of nitrogens with zero attached hydrogens (tertiary/aromatic N) is 4. The Labute approximate surface area is 176 Å². The van der Waals surface area contributed by atoms with Crippen LogP contribution in [0.25, 0.3) is 16.8 Å². The maximum absolute atomic E-state index is 12.7. The Morgan fingerprint density at radius 1 is 1.03 bits per heavy atom. The summed E-state index contributed by atoms with van der Waals surface area (Å²) in [6, 6.07) is 9.99. The van der Waals surface area contributed by atoms with Crippen molar-refractivity contribution in [3.8, 4) is 11.1 Å². The van der Waals surface area contributed by atoms with Gasteiger partial charge in [-0.15, -0.1) is 5.10 Å². The number of nitrogens with one attached hydrogen (secondary N) is 1. The number of hydrogen-bond donors (Lipinski definition) is 2. The van der Waals surface area contributed by atoms with E-state index in [1.165, 1.54) is 16.8 Å². The lowest BCUT2D eigenvalue weighted by Gasteiger charge is -2.09. The Hall–Kier alpha value is -2.72. The summed E-state index contributed by atoms with van der Waals surface area (Å²) in [5, 5.41) is 4.82. The van der Waals surface area contributed by atoms with Gasteiger partial charge >= 0.3 is 0 Å². The summed E-state index contributed by atoms with van der Waals surface area (Å²) in [5.41, 5.74) is 8.20. The van der Waals surface area contributed by atoms with Crippen molar-refractivity contribution in [3.05, 3.63) is 70.6 Å². The number of hydrogen-bond acceptors (Lipinski definition) is 6. The second-order valence-electron chi connectivity index (χ2n) is 6.17. The molecule has 8 nitrogen and oxygen atoms in total. The first-order valence-electron chi connectivity index (χ1n) is 8.33. The second kappa shape index (κ2) is 7.60. The number of fused-ring (bicyclic) bond motifs is 1. The van der Waals surface area contributed by atoms with Crippen LogP contribution < -0.4 is 10.5 Å². The van der Waals surface area contributed by atoms with Crippen molar-refractivity contribution in [1.82, 2.24) is 24.3 Å². The summed E-state index contributed by atoms with van der Waals surface area (Å²) < 4.78 is 29.5. The van der Waals surface area contributed by atoms with Crippen LogP contribution in [0.1, 0.15) is 5.56 Å². The van der Waals surface area contributed by atoms with Gasteiger partial charge in [0, 0.05) is 36.3 Å². The molecule has 3 heterocycles. The second-order valence-corrected chi connectivity index (χ2v) is 8.75. The molecule has 3 aromatic heterocycles. The van der Waals surface area contributed by atoms with Crippen LogP contribution in [0.15, 0.2) is 59.9 Å². The summed E-state index contributed by atoms with van der Waals surface area (Å²) in [4.78, 5) is 8.16. The highest BCUT2D eigenvalue weighted by atomic mass is 35.5. The van der Waals surface area contributed by atoms with E-state index in [-0.39, 0.29) is 17.4 Å². The van der Waals surface area contributed by atoms with Crippen LogP contribution in [0.2, 0.25) is 10.0 Å². The van der Waals surface area contributed by atoms with Gasteiger partial charge in [-0.1, -0.05) is 29.3 Å². The quantitative estimate of drug-likeness (QED) is 0.484. The molecule has 0 saturated carbocycles. The molecule has 29 heavy (non-hydrogen) atoms. The third-order valence-electron chi connectivity index (χ3n) is 4.15. The Morgan fingerprint density at radius 3 is 2.66 bits per heavy atom. The molecular formula is C18H14Cl2N6O2S. The van der Waals surface area contributed by atoms with E-state index in [4.69, 9.17) is 28.9 Å². The smallest absolute Gasteiger partial charge is 0.242 e. The fourth-order valence-electron chi connectivity index (χ4n) is 2.71. The van der Waals surface area contributed by atoms with Crippen LogP contribution in [-0.2, 0) is 16.6 Å². The average Bonchev–Trinajstić information content (AvgIpc) is 3.08. The minimum Gasteiger partial charge on any atom is -0.366 e. The fourth-order valence-corrected chi connectivity index (χ4v) is 4.03. The van der Waals surface area contributed by atoms with Gasteiger partial charge in [0.15, 0.2) is 5.65 Å². The van der Waals surface area contributed by atoms with Crippen LogP contribution in [0.5, 0.6) is 0 Å². The van der Waals surface area contributed by atoms with Crippen LogP contribution in [0.4, 0.5) is 5.95 Å². The number of rotatable bonds is 5. The lowest BCUT2D eigenvalue weighted by Crippen LogP contribution is -2.23. The number of sulfonamides is 1. The SMILES string of the molecule is Nc1nc2ccc(-c3cncc(S(=O)(=O)NCc4ccc(Cl)c(Cl)c4)c3)cn2n1. The van der Waals surface area contributed by atoms with Gasteiger partial charge in [0.25, 0.3) is 0 Å². The monoisotopic (exact) mass is 448 g/mol. The molecule has 0 saturated heterocycles. The minimum absolute atomic E-state index is 0.0354. The van der Waals surface area contributed by atoms with Crippen molar-refractivity contribution >= 4 is 44.8 Å². The van der Waals surface area contributed by atoms with Crippen molar-refractivity contribution in [2.75, 3.05) is 5.73 Å². The maximum atomic E-state index is 12.7. The van der Waals surface area contributed by atoms with E-state index >= 15 is 0 Å². The van der Waals surface area contributed by atoms with E-state index in [0.717, 1.165) is 5.56 Å². The molecule has 0 aliphatic heterocycles. The van der Waals surface area contributed by atoms with E-state index in [1.807, 2.05) is 0 Å². The molecule has 0 atom stereocenters. The number of benzene rings is 1. The van der Waals surface area contributed by atoms with Gasteiger partial charge in [0.2, 0.25) is 16.0 Å². The number of anilines is 1. The lowest BCUT2D eigenvalue weighted by atomic mass is 10.1. The Morgan fingerprint density at radius 2 is 1.86 bits per heavy atom. The van der Waals surface area contributed by atoms with Gasteiger partial charge in [0.1, 0.15) is 4.90 Å². The summed E-state index contributed by atoms with van der Waals surface area (Å²) >= 11 is 11.9. The first-order chi connectivity index (χ1) is 13.8. The molecule has 0 radical (unpaired) electrons. The van der Waals surface area contributed by atoms with Crippen molar-refractivity contribution in [2.24, 2.45) is 0 Å². The topological polar surface area (TPSA) is 115 Å². The average molecular weight is 449 g/mol. The van der Waals surface area contributed by atoms with Crippen LogP contribution >= 0.6 is 23.2 Å². The van der Waals surface area contributed by atoms with Gasteiger partial charge in [-0.2, -0.15) is 4.98 Å². The number of aromatic nitrogens is 4. The van der Waals surface area contributed by atoms with E-state index in [9.17, 15) is 8.42 Å². The van der Waals surface area contributed by atoms with Crippen molar-refractivity contribution in [3.63, 3.8) is 0 Å². The van der Waals surface area contributed by atoms with Gasteiger partial charge in [-0.3, -0.25) is 4.98 Å². The molecule has 0 spiro atoms. The zero-order valence-corrected chi connectivity index (χ0v) is 17.1. The van der Waals surface area contributed by atoms with Gasteiger partial charge < -0.3 is 5.73 Å². The van der Waals surface area contributed by atoms with Gasteiger partial charge in [-0.05, 0) is 35.9 Å². The molecular weight excluding hydrogens is 435 g/mol. The standard InChI is InChI=1S/C18H14Cl2N6O2S/c19-15-3-1-11(5-16(15)20)7-23-29(27,28)14-6-13(8-22-9-14)12-2-4-17-24-18(21)25-26(17)10-12/h1-6,8-10,23H,7H2,(H2,21,25). The largest absolute Gasteiger partial charge is 0.366 e. The lowest BCUT2D eigenvalue weighted by molar-refractivity contribution is 0.581. The van der Waals surface area contributed by atoms with Gasteiger partial charge in [-0.25, -0.2) is 17.7 Å². The zero-order valence-electron chi connectivity index (χ0n) is 14.8. The van der Waals surface area contributed by atoms with Crippen molar-refractivity contribution in [2.45, 2.75) is 11.4 Å². The number of halogens is 2. The maximum Gasteiger partial charge on any atom is 0.242 e. The Balaban J connectivity index is 1.59. The van der Waals surface area contributed by atoms with E-state index < -0.39 is 10.0 Å². The molecule has 0 fully saturated rings. The Kier molecular flexibility index (Phi) is 5.13. The molecule has 0 unspecified atom stereocenters. The third-order valence-corrected chi connectivity index (χ3v) is 6.26. The predicted octanol–water partition coefficient (Wildman–Crippen LogP) is 3.16. The summed E-state index contributed by atoms with van der Waals surface area (Å²) in [7, 11) is -3.79. The normalized spacial score (nSPS) is 11.8. The molecule has 3 N–H and O–H groups in total. The summed E-state index contributed by atoms with van der Waals surface area (Å²) in [6.07, 6.45) is 4.56. The molecule has 1 aromatic carbocycles. The number of nitrogen functional groups attached to an aromatic ring is 1. The van der Waals surface area contributed by atoms with Crippen molar-refractivity contribution < 1.29 is 8.42 Å². The molecule has 0 aliphatic rings. The highest BCUT2D eigenvalue weighted by Gasteiger charge is 2.16.